The average Bonchev–Trinajstić information content (AvgIpc) is 3.22. The number of pyridine rings is 1. The molecular weight excluding hydrogens is 438 g/mol. The highest BCUT2D eigenvalue weighted by Crippen LogP contribution is 2.27. The van der Waals surface area contributed by atoms with E-state index in [1.54, 1.807) is 50.2 Å². The number of rotatable bonds is 6. The molecule has 0 aliphatic rings. The molecule has 0 aliphatic heterocycles. The molecular formula is C23H17N7O4. The Morgan fingerprint density at radius 1 is 1.18 bits per heavy atom. The molecule has 0 atom stereocenters. The van der Waals surface area contributed by atoms with Crippen LogP contribution in [0.4, 0.5) is 11.4 Å². The number of nitriles is 1. The van der Waals surface area contributed by atoms with Gasteiger partial charge in [0.25, 0.3) is 11.6 Å². The summed E-state index contributed by atoms with van der Waals surface area (Å²) >= 11 is 0. The zero-order valence-electron chi connectivity index (χ0n) is 18.1. The van der Waals surface area contributed by atoms with Gasteiger partial charge in [-0.3, -0.25) is 14.9 Å². The van der Waals surface area contributed by atoms with Gasteiger partial charge in [0, 0.05) is 24.0 Å². The van der Waals surface area contributed by atoms with Crippen LogP contribution in [0.15, 0.2) is 60.8 Å². The fraction of sp³-hybridized carbons (Fsp3) is 0.0870. The standard InChI is InChI=1S/C23H17N7O4/c1-14-11-19(34-23-16(13-24)5-4-10-25-23)8-9-20(14)26-22(31)21-15(2)29(28-27-21)17-6-3-7-18(12-17)30(32)33/h3-12H,1-2H3,(H,26,31). The Morgan fingerprint density at radius 3 is 2.74 bits per heavy atom. The second kappa shape index (κ2) is 9.17. The zero-order valence-corrected chi connectivity index (χ0v) is 18.1. The van der Waals surface area contributed by atoms with Crippen molar-refractivity contribution in [3.8, 4) is 23.4 Å². The molecule has 11 nitrogen and oxygen atoms in total. The summed E-state index contributed by atoms with van der Waals surface area (Å²) in [5, 5.41) is 30.9. The lowest BCUT2D eigenvalue weighted by molar-refractivity contribution is -0.384. The summed E-state index contributed by atoms with van der Waals surface area (Å²) in [6.07, 6.45) is 1.53. The van der Waals surface area contributed by atoms with E-state index in [9.17, 15) is 20.2 Å². The normalized spacial score (nSPS) is 10.4. The number of ether oxygens (including phenoxy) is 1. The van der Waals surface area contributed by atoms with Gasteiger partial charge in [0.15, 0.2) is 5.69 Å². The van der Waals surface area contributed by atoms with E-state index in [0.29, 0.717) is 33.9 Å². The second-order valence-electron chi connectivity index (χ2n) is 7.21. The lowest BCUT2D eigenvalue weighted by atomic mass is 10.2. The van der Waals surface area contributed by atoms with Crippen LogP contribution in [0.2, 0.25) is 0 Å². The van der Waals surface area contributed by atoms with Crippen molar-refractivity contribution in [2.75, 3.05) is 5.32 Å². The van der Waals surface area contributed by atoms with E-state index >= 15 is 0 Å². The first-order valence-corrected chi connectivity index (χ1v) is 9.99. The number of benzene rings is 2. The number of hydrogen-bond donors (Lipinski definition) is 1. The van der Waals surface area contributed by atoms with Gasteiger partial charge in [-0.1, -0.05) is 11.3 Å². The Morgan fingerprint density at radius 2 is 2.00 bits per heavy atom. The quantitative estimate of drug-likeness (QED) is 0.337. The molecule has 168 valence electrons. The summed E-state index contributed by atoms with van der Waals surface area (Å²) in [5.41, 5.74) is 2.38. The maximum Gasteiger partial charge on any atom is 0.278 e. The molecule has 34 heavy (non-hydrogen) atoms. The zero-order chi connectivity index (χ0) is 24.2. The van der Waals surface area contributed by atoms with Crippen LogP contribution in [-0.2, 0) is 0 Å². The van der Waals surface area contributed by atoms with Crippen LogP contribution in [0.1, 0.15) is 27.3 Å². The summed E-state index contributed by atoms with van der Waals surface area (Å²) in [4.78, 5) is 27.5. The summed E-state index contributed by atoms with van der Waals surface area (Å²) in [5.74, 6) is 0.163. The summed E-state index contributed by atoms with van der Waals surface area (Å²) in [6.45, 7) is 3.44. The van der Waals surface area contributed by atoms with Crippen molar-refractivity contribution in [3.63, 3.8) is 0 Å². The minimum absolute atomic E-state index is 0.0818. The number of nitro benzene ring substituents is 1. The fourth-order valence-corrected chi connectivity index (χ4v) is 3.21. The van der Waals surface area contributed by atoms with Crippen molar-refractivity contribution < 1.29 is 14.5 Å². The van der Waals surface area contributed by atoms with Gasteiger partial charge in [-0.05, 0) is 55.8 Å². The maximum absolute atomic E-state index is 12.9. The Bertz CT molecular complexity index is 1460. The van der Waals surface area contributed by atoms with Crippen LogP contribution in [0.5, 0.6) is 11.6 Å². The Hall–Kier alpha value is -5.11. The van der Waals surface area contributed by atoms with Gasteiger partial charge in [0.2, 0.25) is 5.88 Å². The van der Waals surface area contributed by atoms with Gasteiger partial charge in [0.05, 0.1) is 16.3 Å². The van der Waals surface area contributed by atoms with Crippen molar-refractivity contribution in [3.05, 3.63) is 93.4 Å². The van der Waals surface area contributed by atoms with Crippen molar-refractivity contribution in [1.82, 2.24) is 20.0 Å². The van der Waals surface area contributed by atoms with E-state index < -0.39 is 10.8 Å². The van der Waals surface area contributed by atoms with Crippen molar-refractivity contribution in [2.24, 2.45) is 0 Å². The lowest BCUT2D eigenvalue weighted by Gasteiger charge is -2.11. The third kappa shape index (κ3) is 4.42. The molecule has 0 aliphatic carbocycles. The smallest absolute Gasteiger partial charge is 0.278 e. The molecule has 0 unspecified atom stereocenters. The molecule has 0 bridgehead atoms. The Kier molecular flexibility index (Phi) is 5.96. The molecule has 1 N–H and O–H groups in total. The summed E-state index contributed by atoms with van der Waals surface area (Å²) < 4.78 is 7.07. The van der Waals surface area contributed by atoms with E-state index in [1.165, 1.54) is 29.1 Å². The molecule has 4 rings (SSSR count). The van der Waals surface area contributed by atoms with Gasteiger partial charge in [-0.15, -0.1) is 5.10 Å². The van der Waals surface area contributed by atoms with Gasteiger partial charge >= 0.3 is 0 Å². The van der Waals surface area contributed by atoms with Crippen LogP contribution < -0.4 is 10.1 Å². The number of nitrogens with one attached hydrogen (secondary N) is 1. The van der Waals surface area contributed by atoms with Gasteiger partial charge in [0.1, 0.15) is 17.4 Å². The van der Waals surface area contributed by atoms with Crippen LogP contribution in [0.3, 0.4) is 0 Å². The Balaban J connectivity index is 1.53. The number of nitro groups is 1. The van der Waals surface area contributed by atoms with Crippen molar-refractivity contribution in [1.29, 1.82) is 5.26 Å². The molecule has 0 fully saturated rings. The third-order valence-corrected chi connectivity index (χ3v) is 4.95. The molecule has 1 amide bonds. The third-order valence-electron chi connectivity index (χ3n) is 4.95. The van der Waals surface area contributed by atoms with Crippen molar-refractivity contribution in [2.45, 2.75) is 13.8 Å². The van der Waals surface area contributed by atoms with Crippen molar-refractivity contribution >= 4 is 17.3 Å². The van der Waals surface area contributed by atoms with E-state index in [1.807, 2.05) is 6.07 Å². The first-order chi connectivity index (χ1) is 16.4. The number of aryl methyl sites for hydroxylation is 1. The van der Waals surface area contributed by atoms with Crippen LogP contribution in [-0.4, -0.2) is 30.8 Å². The second-order valence-corrected chi connectivity index (χ2v) is 7.21. The number of nitrogens with zero attached hydrogens (tertiary/aromatic N) is 6. The molecule has 0 saturated carbocycles. The van der Waals surface area contributed by atoms with Gasteiger partial charge in [-0.25, -0.2) is 9.67 Å². The highest BCUT2D eigenvalue weighted by Gasteiger charge is 2.19. The highest BCUT2D eigenvalue weighted by atomic mass is 16.6. The number of hydrogen-bond acceptors (Lipinski definition) is 8. The molecule has 2 heterocycles. The number of amides is 1. The molecule has 11 heteroatoms. The first kappa shape index (κ1) is 22.1. The first-order valence-electron chi connectivity index (χ1n) is 9.99. The Labute approximate surface area is 193 Å². The summed E-state index contributed by atoms with van der Waals surface area (Å²) in [6, 6.07) is 16.2. The fourth-order valence-electron chi connectivity index (χ4n) is 3.21. The number of aromatic nitrogens is 4. The van der Waals surface area contributed by atoms with Crippen LogP contribution in [0, 0.1) is 35.3 Å². The predicted octanol–water partition coefficient (Wildman–Crippen LogP) is 4.10. The van der Waals surface area contributed by atoms with E-state index in [0.717, 1.165) is 0 Å². The number of carbonyl (C=O) groups is 1. The molecule has 4 aromatic rings. The van der Waals surface area contributed by atoms with E-state index in [-0.39, 0.29) is 17.3 Å². The van der Waals surface area contributed by atoms with Gasteiger partial charge < -0.3 is 10.1 Å². The van der Waals surface area contributed by atoms with E-state index in [2.05, 4.69) is 20.6 Å². The molecule has 0 spiro atoms. The predicted molar refractivity (Wildman–Crippen MR) is 121 cm³/mol. The molecule has 2 aromatic carbocycles. The van der Waals surface area contributed by atoms with E-state index in [4.69, 9.17) is 4.74 Å². The lowest BCUT2D eigenvalue weighted by Crippen LogP contribution is -2.15. The minimum atomic E-state index is -0.505. The molecule has 0 radical (unpaired) electrons. The average molecular weight is 455 g/mol. The largest absolute Gasteiger partial charge is 0.438 e. The maximum atomic E-state index is 12.9. The number of non-ortho nitro benzene ring substituents is 1. The molecule has 0 saturated heterocycles. The van der Waals surface area contributed by atoms with Gasteiger partial charge in [-0.2, -0.15) is 5.26 Å². The topological polar surface area (TPSA) is 149 Å². The van der Waals surface area contributed by atoms with Crippen LogP contribution in [0.25, 0.3) is 5.69 Å². The highest BCUT2D eigenvalue weighted by molar-refractivity contribution is 6.04. The molecule has 2 aromatic heterocycles. The summed E-state index contributed by atoms with van der Waals surface area (Å²) in [7, 11) is 0. The number of anilines is 1. The monoisotopic (exact) mass is 455 g/mol. The minimum Gasteiger partial charge on any atom is -0.438 e. The SMILES string of the molecule is Cc1cc(Oc2ncccc2C#N)ccc1NC(=O)c1nnn(-c2cccc([N+](=O)[O-])c2)c1C. The van der Waals surface area contributed by atoms with Crippen LogP contribution >= 0.6 is 0 Å². The number of carbonyl (C=O) groups excluding carboxylic acids is 1.